The third-order valence-corrected chi connectivity index (χ3v) is 13.7. The van der Waals surface area contributed by atoms with Gasteiger partial charge in [-0.15, -0.1) is 0 Å². The van der Waals surface area contributed by atoms with Crippen molar-refractivity contribution < 1.29 is 18.6 Å². The van der Waals surface area contributed by atoms with Gasteiger partial charge in [0.15, 0.2) is 8.32 Å². The molecule has 0 rings (SSSR count). The van der Waals surface area contributed by atoms with E-state index in [1.165, 1.54) is 77.0 Å². The summed E-state index contributed by atoms with van der Waals surface area (Å²) in [6.07, 6.45) is 21.6. The van der Waals surface area contributed by atoms with Crippen LogP contribution in [0.2, 0.25) is 43.8 Å². The van der Waals surface area contributed by atoms with Crippen molar-refractivity contribution in [2.24, 2.45) is 0 Å². The molecule has 0 saturated carbocycles. The summed E-state index contributed by atoms with van der Waals surface area (Å²) in [5.74, 6) is 0. The monoisotopic (exact) mass is 558 g/mol. The lowest BCUT2D eigenvalue weighted by Crippen LogP contribution is -2.43. The van der Waals surface area contributed by atoms with Gasteiger partial charge in [-0.2, -0.15) is 0 Å². The normalized spacial score (nSPS) is 14.0. The minimum Gasteiger partial charge on any atom is -0.499 e. The van der Waals surface area contributed by atoms with Crippen LogP contribution >= 0.6 is 0 Å². The van der Waals surface area contributed by atoms with Gasteiger partial charge in [0.25, 0.3) is 0 Å². The zero-order valence-corrected chi connectivity index (χ0v) is 28.6. The maximum Gasteiger partial charge on any atom is 0.192 e. The maximum absolute atomic E-state index is 6.41. The average molecular weight is 559 g/mol. The molecular weight excluding hydrogens is 493 g/mol. The summed E-state index contributed by atoms with van der Waals surface area (Å²) in [7, 11) is -2.91. The summed E-state index contributed by atoms with van der Waals surface area (Å²) in [5, 5.41) is 0.181. The Labute approximate surface area is 234 Å². The van der Waals surface area contributed by atoms with Gasteiger partial charge in [0.1, 0.15) is 19.5 Å². The predicted molar refractivity (Wildman–Crippen MR) is 168 cm³/mol. The van der Waals surface area contributed by atoms with Crippen LogP contribution in [0, 0.1) is 0 Å². The summed E-state index contributed by atoms with van der Waals surface area (Å²) in [6, 6.07) is 1.15. The number of hydrogen-bond donors (Lipinski definition) is 0. The first-order chi connectivity index (χ1) is 17.4. The van der Waals surface area contributed by atoms with Crippen LogP contribution < -0.4 is 0 Å². The fourth-order valence-corrected chi connectivity index (χ4v) is 5.44. The molecular formula is C31H66O4Si2. The highest BCUT2D eigenvalue weighted by Crippen LogP contribution is 2.36. The lowest BCUT2D eigenvalue weighted by molar-refractivity contribution is -0.112. The first-order valence-electron chi connectivity index (χ1n) is 15.5. The lowest BCUT2D eigenvalue weighted by Gasteiger charge is -2.37. The summed E-state index contributed by atoms with van der Waals surface area (Å²) in [6.45, 7) is 22.9. The van der Waals surface area contributed by atoms with Crippen LogP contribution in [-0.4, -0.2) is 49.1 Å². The molecule has 0 aromatic carbocycles. The highest BCUT2D eigenvalue weighted by Gasteiger charge is 2.37. The maximum atomic E-state index is 6.41. The van der Waals surface area contributed by atoms with Crippen molar-refractivity contribution in [2.75, 3.05) is 26.6 Å². The van der Waals surface area contributed by atoms with Gasteiger partial charge in [-0.3, -0.25) is 0 Å². The fraction of sp³-hybridized carbons (Fsp3) is 0.935. The molecule has 0 aliphatic rings. The van der Waals surface area contributed by atoms with E-state index in [9.17, 15) is 0 Å². The zero-order chi connectivity index (χ0) is 28.0. The van der Waals surface area contributed by atoms with E-state index in [2.05, 4.69) is 66.5 Å². The molecule has 0 amide bonds. The van der Waals surface area contributed by atoms with Crippen molar-refractivity contribution in [1.82, 2.24) is 0 Å². The molecule has 0 N–H and O–H groups in total. The van der Waals surface area contributed by atoms with Gasteiger partial charge in [-0.25, -0.2) is 0 Å². The van der Waals surface area contributed by atoms with Gasteiger partial charge >= 0.3 is 0 Å². The van der Waals surface area contributed by atoms with E-state index in [4.69, 9.17) is 18.6 Å². The molecule has 222 valence electrons. The fourth-order valence-electron chi connectivity index (χ4n) is 3.65. The van der Waals surface area contributed by atoms with Crippen LogP contribution in [-0.2, 0) is 18.6 Å². The Bertz CT molecular complexity index is 538. The molecule has 0 saturated heterocycles. The highest BCUT2D eigenvalue weighted by atomic mass is 28.4. The van der Waals surface area contributed by atoms with E-state index in [0.717, 1.165) is 19.1 Å². The predicted octanol–water partition coefficient (Wildman–Crippen LogP) is 10.3. The van der Waals surface area contributed by atoms with Crippen molar-refractivity contribution in [3.8, 4) is 0 Å². The molecule has 4 nitrogen and oxygen atoms in total. The Morgan fingerprint density at radius 1 is 0.730 bits per heavy atom. The second-order valence-electron chi connectivity index (χ2n) is 13.6. The quantitative estimate of drug-likeness (QED) is 0.0483. The first kappa shape index (κ1) is 36.9. The third kappa shape index (κ3) is 23.5. The Hall–Kier alpha value is -0.146. The smallest absolute Gasteiger partial charge is 0.192 e. The van der Waals surface area contributed by atoms with Gasteiger partial charge < -0.3 is 18.6 Å². The van der Waals surface area contributed by atoms with Crippen molar-refractivity contribution in [2.45, 2.75) is 161 Å². The average Bonchev–Trinajstić information content (AvgIpc) is 2.80. The van der Waals surface area contributed by atoms with Gasteiger partial charge in [0.05, 0.1) is 12.9 Å². The van der Waals surface area contributed by atoms with Crippen LogP contribution in [0.15, 0.2) is 12.3 Å². The molecule has 6 heteroatoms. The molecule has 0 aliphatic heterocycles. The minimum atomic E-state index is -1.83. The molecule has 0 aromatic rings. The van der Waals surface area contributed by atoms with Gasteiger partial charge in [-0.1, -0.05) is 118 Å². The standard InChI is InChI=1S/C31H66O4Si2/c1-10-11-12-13-14-15-16-17-18-19-20-21-22-23-24-32-27-30(28-35-37(8,9)31(2,3)4)34-29-33-25-26-36(5,6)7/h23-24,30H,10-22,25-29H2,1-9H3/b24-23-. The number of unbranched alkanes of at least 4 members (excludes halogenated alkanes) is 12. The summed E-state index contributed by atoms with van der Waals surface area (Å²) < 4.78 is 24.0. The minimum absolute atomic E-state index is 0.114. The molecule has 0 bridgehead atoms. The van der Waals surface area contributed by atoms with Crippen molar-refractivity contribution >= 4 is 16.4 Å². The number of hydrogen-bond acceptors (Lipinski definition) is 4. The summed E-state index contributed by atoms with van der Waals surface area (Å²) in [4.78, 5) is 0. The molecule has 1 atom stereocenters. The van der Waals surface area contributed by atoms with Gasteiger partial charge in [0.2, 0.25) is 0 Å². The molecule has 0 aromatic heterocycles. The van der Waals surface area contributed by atoms with E-state index >= 15 is 0 Å². The van der Waals surface area contributed by atoms with Crippen LogP contribution in [0.1, 0.15) is 111 Å². The Balaban J connectivity index is 4.07. The Morgan fingerprint density at radius 3 is 1.78 bits per heavy atom. The zero-order valence-electron chi connectivity index (χ0n) is 26.6. The van der Waals surface area contributed by atoms with Crippen LogP contribution in [0.5, 0.6) is 0 Å². The van der Waals surface area contributed by atoms with Crippen LogP contribution in [0.3, 0.4) is 0 Å². The van der Waals surface area contributed by atoms with Crippen molar-refractivity contribution in [3.05, 3.63) is 12.3 Å². The molecule has 1 unspecified atom stereocenters. The lowest BCUT2D eigenvalue weighted by atomic mass is 10.0. The SMILES string of the molecule is CCCCCCCCCCCCCC/C=C\OCC(CO[Si](C)(C)C(C)(C)C)OCOCC[Si](C)(C)C. The largest absolute Gasteiger partial charge is 0.499 e. The topological polar surface area (TPSA) is 36.9 Å². The van der Waals surface area contributed by atoms with Gasteiger partial charge in [0, 0.05) is 14.7 Å². The molecule has 0 fully saturated rings. The van der Waals surface area contributed by atoms with Gasteiger partial charge in [-0.05, 0) is 43.1 Å². The molecule has 0 radical (unpaired) electrons. The first-order valence-corrected chi connectivity index (χ1v) is 22.1. The number of ether oxygens (including phenoxy) is 3. The second kappa shape index (κ2) is 21.6. The Morgan fingerprint density at radius 2 is 1.27 bits per heavy atom. The summed E-state index contributed by atoms with van der Waals surface area (Å²) >= 11 is 0. The van der Waals surface area contributed by atoms with E-state index < -0.39 is 16.4 Å². The number of allylic oxidation sites excluding steroid dienone is 1. The van der Waals surface area contributed by atoms with E-state index in [0.29, 0.717) is 20.0 Å². The summed E-state index contributed by atoms with van der Waals surface area (Å²) in [5.41, 5.74) is 0. The van der Waals surface area contributed by atoms with E-state index in [-0.39, 0.29) is 11.1 Å². The molecule has 37 heavy (non-hydrogen) atoms. The Kier molecular flexibility index (Phi) is 21.6. The van der Waals surface area contributed by atoms with Crippen molar-refractivity contribution in [1.29, 1.82) is 0 Å². The second-order valence-corrected chi connectivity index (χ2v) is 24.0. The highest BCUT2D eigenvalue weighted by molar-refractivity contribution is 6.76. The molecule has 0 heterocycles. The van der Waals surface area contributed by atoms with E-state index in [1.54, 1.807) is 0 Å². The molecule has 0 aliphatic carbocycles. The van der Waals surface area contributed by atoms with Crippen LogP contribution in [0.25, 0.3) is 0 Å². The third-order valence-electron chi connectivity index (χ3n) is 7.52. The van der Waals surface area contributed by atoms with E-state index in [1.807, 2.05) is 6.26 Å². The number of rotatable bonds is 25. The van der Waals surface area contributed by atoms with Crippen molar-refractivity contribution in [3.63, 3.8) is 0 Å². The van der Waals surface area contributed by atoms with Crippen LogP contribution in [0.4, 0.5) is 0 Å². The molecule has 0 spiro atoms.